The Morgan fingerprint density at radius 3 is 2.70 bits per heavy atom. The molecule has 2 aromatic carbocycles. The van der Waals surface area contributed by atoms with Crippen LogP contribution in [-0.2, 0) is 19.1 Å². The van der Waals surface area contributed by atoms with E-state index >= 15 is 8.78 Å². The number of fused-ring (bicyclic) bond motifs is 8. The fourth-order valence-corrected chi connectivity index (χ4v) is 11.6. The number of halogens is 3. The van der Waals surface area contributed by atoms with Crippen molar-refractivity contribution in [2.45, 2.75) is 68.0 Å². The van der Waals surface area contributed by atoms with Gasteiger partial charge in [-0.3, -0.25) is 9.59 Å². The number of hydrogen-bond acceptors (Lipinski definition) is 8. The van der Waals surface area contributed by atoms with Crippen molar-refractivity contribution in [2.75, 3.05) is 5.75 Å². The summed E-state index contributed by atoms with van der Waals surface area (Å²) in [6.45, 7) is 4.01. The first-order valence-electron chi connectivity index (χ1n) is 15.6. The molecule has 1 saturated heterocycles. The van der Waals surface area contributed by atoms with Crippen LogP contribution in [-0.4, -0.2) is 45.2 Å². The molecule has 2 heterocycles. The highest BCUT2D eigenvalue weighted by Gasteiger charge is 2.76. The molecule has 4 aliphatic carbocycles. The van der Waals surface area contributed by atoms with Crippen LogP contribution in [0.4, 0.5) is 13.2 Å². The van der Waals surface area contributed by atoms with Gasteiger partial charge in [0, 0.05) is 28.9 Å². The second kappa shape index (κ2) is 10.6. The van der Waals surface area contributed by atoms with E-state index in [0.717, 1.165) is 15.8 Å². The highest BCUT2D eigenvalue weighted by atomic mass is 32.2. The summed E-state index contributed by atoms with van der Waals surface area (Å²) >= 11 is 2.75. The number of rotatable bonds is 5. The second-order valence-electron chi connectivity index (χ2n) is 13.7. The highest BCUT2D eigenvalue weighted by Crippen LogP contribution is 2.70. The number of thioether (sulfide) groups is 1. The molecule has 3 saturated carbocycles. The first-order valence-corrected chi connectivity index (χ1v) is 17.4. The van der Waals surface area contributed by atoms with Crippen LogP contribution in [0.1, 0.15) is 51.4 Å². The van der Waals surface area contributed by atoms with Crippen LogP contribution in [0.5, 0.6) is 0 Å². The number of allylic oxidation sites excluding steroid dienone is 4. The Morgan fingerprint density at radius 2 is 1.93 bits per heavy atom. The third kappa shape index (κ3) is 4.24. The van der Waals surface area contributed by atoms with Crippen molar-refractivity contribution >= 4 is 44.9 Å². The lowest BCUT2D eigenvalue weighted by atomic mass is 9.46. The van der Waals surface area contributed by atoms with Gasteiger partial charge in [0.25, 0.3) is 0 Å². The monoisotopic (exact) mass is 667 g/mol. The quantitative estimate of drug-likeness (QED) is 0.290. The molecule has 240 valence electrons. The number of ether oxygens (including phenoxy) is 2. The number of para-hydroxylation sites is 1. The van der Waals surface area contributed by atoms with E-state index in [9.17, 15) is 19.1 Å². The number of hydrogen-bond donors (Lipinski definition) is 1. The van der Waals surface area contributed by atoms with Gasteiger partial charge in [-0.1, -0.05) is 49.4 Å². The summed E-state index contributed by atoms with van der Waals surface area (Å²) in [5, 5.41) is 12.0. The van der Waals surface area contributed by atoms with Gasteiger partial charge in [-0.15, -0.1) is 11.3 Å². The van der Waals surface area contributed by atoms with Crippen molar-refractivity contribution in [1.82, 2.24) is 4.98 Å². The molecule has 0 bridgehead atoms. The zero-order valence-electron chi connectivity index (χ0n) is 25.2. The fourth-order valence-electron chi connectivity index (χ4n) is 9.62. The minimum atomic E-state index is -1.62. The standard InChI is InChI=1S/C35H32F3NO5S2/c1-33-10-9-19(40)11-17(33)7-8-20-21-14-28-35(34(21,2)15-25(41)30(20)33,44-31(43-28)29-22(37)12-18(36)13-23(29)38)27(42)16-45-32-39-24-5-3-4-6-26(24)46-32/h3-6,9-13,20-21,25,28,30-31,41H,7-8,14-16H2,1-2H3/t20?,21?,25?,28-,30?,31?,33?,34?,35-/m1/s1. The molecule has 11 heteroatoms. The van der Waals surface area contributed by atoms with Gasteiger partial charge in [0.2, 0.25) is 0 Å². The molecule has 0 amide bonds. The van der Waals surface area contributed by atoms with Gasteiger partial charge in [-0.05, 0) is 61.8 Å². The van der Waals surface area contributed by atoms with Crippen molar-refractivity contribution in [3.05, 3.63) is 83.2 Å². The summed E-state index contributed by atoms with van der Waals surface area (Å²) in [6, 6.07) is 8.84. The van der Waals surface area contributed by atoms with Crippen molar-refractivity contribution in [3.63, 3.8) is 0 Å². The molecular weight excluding hydrogens is 636 g/mol. The smallest absolute Gasteiger partial charge is 0.191 e. The summed E-state index contributed by atoms with van der Waals surface area (Å²) in [6.07, 6.45) is 3.90. The van der Waals surface area contributed by atoms with E-state index in [1.54, 1.807) is 12.2 Å². The lowest BCUT2D eigenvalue weighted by molar-refractivity contribution is -0.199. The molecule has 3 aromatic rings. The first kappa shape index (κ1) is 30.5. The number of thiazole rings is 1. The van der Waals surface area contributed by atoms with Crippen LogP contribution in [0.15, 0.2) is 64.5 Å². The minimum Gasteiger partial charge on any atom is -0.393 e. The van der Waals surface area contributed by atoms with Crippen LogP contribution < -0.4 is 0 Å². The first-order chi connectivity index (χ1) is 21.9. The van der Waals surface area contributed by atoms with Crippen LogP contribution in [0, 0.1) is 46.0 Å². The van der Waals surface area contributed by atoms with Gasteiger partial charge in [-0.25, -0.2) is 18.2 Å². The lowest BCUT2D eigenvalue weighted by Gasteiger charge is -2.59. The predicted octanol–water partition coefficient (Wildman–Crippen LogP) is 7.12. The Labute approximate surface area is 272 Å². The zero-order valence-corrected chi connectivity index (χ0v) is 26.8. The molecule has 4 fully saturated rings. The predicted molar refractivity (Wildman–Crippen MR) is 166 cm³/mol. The summed E-state index contributed by atoms with van der Waals surface area (Å²) < 4.78 is 58.5. The Hall–Kier alpha value is -2.83. The van der Waals surface area contributed by atoms with Gasteiger partial charge in [-0.2, -0.15) is 0 Å². The maximum Gasteiger partial charge on any atom is 0.191 e. The van der Waals surface area contributed by atoms with E-state index in [1.807, 2.05) is 37.3 Å². The number of ketones is 2. The van der Waals surface area contributed by atoms with E-state index in [1.165, 1.54) is 23.1 Å². The largest absolute Gasteiger partial charge is 0.393 e. The molecule has 8 rings (SSSR count). The SMILES string of the molecule is CC12C=CC(=O)C=C1CCC1C2C(O)CC2(C)C1C[C@H]1OC(c3c(F)cc(F)cc3F)O[C@]12C(=O)CSc1nc2ccccc2s1. The molecule has 6 nitrogen and oxygen atoms in total. The molecule has 1 N–H and O–H groups in total. The Balaban J connectivity index is 1.18. The lowest BCUT2D eigenvalue weighted by Crippen LogP contribution is -2.63. The van der Waals surface area contributed by atoms with E-state index in [-0.39, 0.29) is 41.5 Å². The van der Waals surface area contributed by atoms with Gasteiger partial charge >= 0.3 is 0 Å². The van der Waals surface area contributed by atoms with Crippen LogP contribution in [0.3, 0.4) is 0 Å². The molecule has 7 unspecified atom stereocenters. The average Bonchev–Trinajstić information content (AvgIpc) is 3.65. The van der Waals surface area contributed by atoms with Crippen LogP contribution >= 0.6 is 23.1 Å². The molecule has 1 aromatic heterocycles. The van der Waals surface area contributed by atoms with Gasteiger partial charge in [0.05, 0.1) is 33.7 Å². The van der Waals surface area contributed by atoms with E-state index in [2.05, 4.69) is 11.9 Å². The van der Waals surface area contributed by atoms with Crippen LogP contribution in [0.25, 0.3) is 10.2 Å². The molecule has 0 spiro atoms. The fraction of sp³-hybridized carbons (Fsp3) is 0.457. The maximum atomic E-state index is 15.1. The van der Waals surface area contributed by atoms with Gasteiger partial charge in [0.1, 0.15) is 17.5 Å². The Bertz CT molecular complexity index is 1800. The van der Waals surface area contributed by atoms with Crippen molar-refractivity contribution in [2.24, 2.45) is 28.6 Å². The number of nitrogens with zero attached hydrogens (tertiary/aromatic N) is 1. The summed E-state index contributed by atoms with van der Waals surface area (Å²) in [5.74, 6) is -4.09. The average molecular weight is 668 g/mol. The van der Waals surface area contributed by atoms with Crippen molar-refractivity contribution in [3.8, 4) is 0 Å². The van der Waals surface area contributed by atoms with Crippen LogP contribution in [0.2, 0.25) is 0 Å². The summed E-state index contributed by atoms with van der Waals surface area (Å²) in [5.41, 5.74) is -1.83. The Morgan fingerprint density at radius 1 is 1.17 bits per heavy atom. The zero-order chi connectivity index (χ0) is 32.2. The van der Waals surface area contributed by atoms with E-state index in [4.69, 9.17) is 9.47 Å². The van der Waals surface area contributed by atoms with Gasteiger partial charge in [0.15, 0.2) is 27.8 Å². The number of benzene rings is 2. The number of Topliss-reactive ketones (excluding diaryl/α,β-unsaturated/α-hetero) is 1. The van der Waals surface area contributed by atoms with E-state index < -0.39 is 57.9 Å². The molecule has 46 heavy (non-hydrogen) atoms. The minimum absolute atomic E-state index is 0.0223. The normalized spacial score (nSPS) is 37.9. The topological polar surface area (TPSA) is 85.7 Å². The maximum absolute atomic E-state index is 15.1. The highest BCUT2D eigenvalue weighted by molar-refractivity contribution is 8.01. The number of aliphatic hydroxyl groups is 1. The molecule has 0 radical (unpaired) electrons. The number of aromatic nitrogens is 1. The third-order valence-electron chi connectivity index (χ3n) is 11.5. The number of carbonyl (C=O) groups excluding carboxylic acids is 2. The molecular formula is C35H32F3NO5S2. The van der Waals surface area contributed by atoms with Crippen molar-refractivity contribution in [1.29, 1.82) is 0 Å². The summed E-state index contributed by atoms with van der Waals surface area (Å²) in [4.78, 5) is 31.5. The Kier molecular flexibility index (Phi) is 7.02. The molecule has 1 aliphatic heterocycles. The van der Waals surface area contributed by atoms with Crippen molar-refractivity contribution < 1.29 is 37.3 Å². The van der Waals surface area contributed by atoms with Gasteiger partial charge < -0.3 is 14.6 Å². The number of carbonyl (C=O) groups is 2. The molecule has 9 atom stereocenters. The summed E-state index contributed by atoms with van der Waals surface area (Å²) in [7, 11) is 0. The van der Waals surface area contributed by atoms with E-state index in [0.29, 0.717) is 35.7 Å². The second-order valence-corrected chi connectivity index (χ2v) is 16.0. The molecule has 5 aliphatic rings. The number of aliphatic hydroxyl groups excluding tert-OH is 1. The third-order valence-corrected chi connectivity index (χ3v) is 13.7.